The van der Waals surface area contributed by atoms with Gasteiger partial charge in [0.2, 0.25) is 5.88 Å². The van der Waals surface area contributed by atoms with Gasteiger partial charge in [0.25, 0.3) is 0 Å². The summed E-state index contributed by atoms with van der Waals surface area (Å²) in [5, 5.41) is 2.27. The number of hydrogen-bond acceptors (Lipinski definition) is 3. The first-order valence-corrected chi connectivity index (χ1v) is 7.21. The Hall–Kier alpha value is -2.70. The Morgan fingerprint density at radius 3 is 2.70 bits per heavy atom. The molecular weight excluding hydrogens is 304 g/mol. The zero-order valence-corrected chi connectivity index (χ0v) is 12.2. The maximum Gasteiger partial charge on any atom is 0.322 e. The van der Waals surface area contributed by atoms with Crippen LogP contribution in [-0.2, 0) is 0 Å². The number of anilines is 1. The number of pyridine rings is 1. The molecule has 2 aromatic rings. The van der Waals surface area contributed by atoms with E-state index in [1.54, 1.807) is 18.3 Å². The number of nitrogens with one attached hydrogen (secondary N) is 1. The molecule has 23 heavy (non-hydrogen) atoms. The van der Waals surface area contributed by atoms with Crippen LogP contribution in [-0.4, -0.2) is 35.1 Å². The molecule has 2 heterocycles. The molecule has 0 spiro atoms. The van der Waals surface area contributed by atoms with Gasteiger partial charge in [0.05, 0.1) is 6.54 Å². The van der Waals surface area contributed by atoms with Crippen LogP contribution in [0.1, 0.15) is 6.42 Å². The van der Waals surface area contributed by atoms with Gasteiger partial charge in [0, 0.05) is 25.2 Å². The Morgan fingerprint density at radius 1 is 1.22 bits per heavy atom. The van der Waals surface area contributed by atoms with Gasteiger partial charge in [0.1, 0.15) is 23.4 Å². The molecule has 1 fully saturated rings. The van der Waals surface area contributed by atoms with Crippen molar-refractivity contribution in [2.75, 3.05) is 18.4 Å². The second kappa shape index (κ2) is 6.60. The van der Waals surface area contributed by atoms with Gasteiger partial charge in [-0.1, -0.05) is 12.1 Å². The lowest BCUT2D eigenvalue weighted by atomic mass is 10.3. The van der Waals surface area contributed by atoms with E-state index in [0.29, 0.717) is 25.4 Å². The van der Waals surface area contributed by atoms with Gasteiger partial charge in [-0.2, -0.15) is 0 Å². The first-order chi connectivity index (χ1) is 11.1. The highest BCUT2D eigenvalue weighted by Crippen LogP contribution is 2.21. The molecular formula is C16H15F2N3O2. The Labute approximate surface area is 131 Å². The molecule has 0 aliphatic carbocycles. The number of benzene rings is 1. The lowest BCUT2D eigenvalue weighted by Gasteiger charge is -2.18. The first-order valence-electron chi connectivity index (χ1n) is 7.21. The number of nitrogens with zero attached hydrogens (tertiary/aromatic N) is 2. The second-order valence-electron chi connectivity index (χ2n) is 5.17. The fraction of sp³-hybridized carbons (Fsp3) is 0.250. The molecule has 0 saturated carbocycles. The summed E-state index contributed by atoms with van der Waals surface area (Å²) >= 11 is 0. The lowest BCUT2D eigenvalue weighted by molar-refractivity contribution is 0.190. The van der Waals surface area contributed by atoms with Crippen LogP contribution < -0.4 is 10.1 Å². The molecule has 1 aromatic carbocycles. The average molecular weight is 319 g/mol. The Bertz CT molecular complexity index is 677. The SMILES string of the molecule is O=C(Nc1c(F)cccc1F)N1CCC(Oc2ccccn2)C1. The molecule has 1 aliphatic rings. The van der Waals surface area contributed by atoms with Gasteiger partial charge < -0.3 is 15.0 Å². The maximum absolute atomic E-state index is 13.6. The Kier molecular flexibility index (Phi) is 4.36. The van der Waals surface area contributed by atoms with Gasteiger partial charge in [-0.3, -0.25) is 0 Å². The van der Waals surface area contributed by atoms with E-state index in [9.17, 15) is 13.6 Å². The summed E-state index contributed by atoms with van der Waals surface area (Å²) in [7, 11) is 0. The molecule has 120 valence electrons. The minimum Gasteiger partial charge on any atom is -0.472 e. The number of hydrogen-bond donors (Lipinski definition) is 1. The van der Waals surface area contributed by atoms with Crippen LogP contribution >= 0.6 is 0 Å². The third-order valence-electron chi connectivity index (χ3n) is 3.55. The molecule has 0 radical (unpaired) electrons. The third kappa shape index (κ3) is 3.56. The van der Waals surface area contributed by atoms with Crippen molar-refractivity contribution >= 4 is 11.7 Å². The number of amides is 2. The highest BCUT2D eigenvalue weighted by Gasteiger charge is 2.28. The summed E-state index contributed by atoms with van der Waals surface area (Å²) in [6, 6.07) is 8.20. The van der Waals surface area contributed by atoms with E-state index in [1.165, 1.54) is 11.0 Å². The van der Waals surface area contributed by atoms with Gasteiger partial charge in [-0.25, -0.2) is 18.6 Å². The smallest absolute Gasteiger partial charge is 0.322 e. The Balaban J connectivity index is 1.59. The van der Waals surface area contributed by atoms with Crippen LogP contribution in [0.25, 0.3) is 0 Å². The number of likely N-dealkylation sites (tertiary alicyclic amines) is 1. The molecule has 1 unspecified atom stereocenters. The molecule has 2 amide bonds. The molecule has 0 bridgehead atoms. The number of ether oxygens (including phenoxy) is 1. The summed E-state index contributed by atoms with van der Waals surface area (Å²) in [5.41, 5.74) is -0.438. The van der Waals surface area contributed by atoms with Crippen LogP contribution in [0.4, 0.5) is 19.3 Å². The van der Waals surface area contributed by atoms with E-state index in [4.69, 9.17) is 4.74 Å². The van der Waals surface area contributed by atoms with Crippen molar-refractivity contribution in [2.24, 2.45) is 0 Å². The van der Waals surface area contributed by atoms with Crippen molar-refractivity contribution in [1.29, 1.82) is 0 Å². The van der Waals surface area contributed by atoms with Crippen LogP contribution in [0, 0.1) is 11.6 Å². The van der Waals surface area contributed by atoms with Crippen molar-refractivity contribution in [3.05, 3.63) is 54.2 Å². The van der Waals surface area contributed by atoms with Gasteiger partial charge in [0.15, 0.2) is 0 Å². The number of halogens is 2. The number of rotatable bonds is 3. The predicted molar refractivity (Wildman–Crippen MR) is 80.2 cm³/mol. The van der Waals surface area contributed by atoms with Crippen LogP contribution in [0.2, 0.25) is 0 Å². The molecule has 7 heteroatoms. The summed E-state index contributed by atoms with van der Waals surface area (Å²) in [6.45, 7) is 0.776. The van der Waals surface area contributed by atoms with Gasteiger partial charge in [-0.15, -0.1) is 0 Å². The minimum absolute atomic E-state index is 0.193. The molecule has 3 rings (SSSR count). The van der Waals surface area contributed by atoms with E-state index in [0.717, 1.165) is 12.1 Å². The van der Waals surface area contributed by atoms with Crippen molar-refractivity contribution in [1.82, 2.24) is 9.88 Å². The number of para-hydroxylation sites is 1. The van der Waals surface area contributed by atoms with Crippen molar-refractivity contribution in [2.45, 2.75) is 12.5 Å². The number of carbonyl (C=O) groups excluding carboxylic acids is 1. The Morgan fingerprint density at radius 2 is 2.00 bits per heavy atom. The summed E-state index contributed by atoms with van der Waals surface area (Å²) < 4.78 is 32.8. The lowest BCUT2D eigenvalue weighted by Crippen LogP contribution is -2.35. The molecule has 1 atom stereocenters. The number of urea groups is 1. The van der Waals surface area contributed by atoms with Crippen molar-refractivity contribution < 1.29 is 18.3 Å². The predicted octanol–water partition coefficient (Wildman–Crippen LogP) is 3.05. The van der Waals surface area contributed by atoms with Crippen molar-refractivity contribution in [3.63, 3.8) is 0 Å². The molecule has 1 N–H and O–H groups in total. The molecule has 1 aliphatic heterocycles. The maximum atomic E-state index is 13.6. The average Bonchev–Trinajstić information content (AvgIpc) is 3.00. The minimum atomic E-state index is -0.807. The van der Waals surface area contributed by atoms with Gasteiger partial charge >= 0.3 is 6.03 Å². The van der Waals surface area contributed by atoms with E-state index in [2.05, 4.69) is 10.3 Å². The largest absolute Gasteiger partial charge is 0.472 e. The summed E-state index contributed by atoms with van der Waals surface area (Å²) in [6.07, 6.45) is 2.06. The third-order valence-corrected chi connectivity index (χ3v) is 3.55. The van der Waals surface area contributed by atoms with E-state index >= 15 is 0 Å². The molecule has 1 aromatic heterocycles. The van der Waals surface area contributed by atoms with E-state index in [1.807, 2.05) is 6.07 Å². The summed E-state index contributed by atoms with van der Waals surface area (Å²) in [5.74, 6) is -1.13. The monoisotopic (exact) mass is 319 g/mol. The van der Waals surface area contributed by atoms with E-state index in [-0.39, 0.29) is 6.10 Å². The molecule has 1 saturated heterocycles. The fourth-order valence-corrected chi connectivity index (χ4v) is 2.40. The summed E-state index contributed by atoms with van der Waals surface area (Å²) in [4.78, 5) is 17.6. The zero-order valence-electron chi connectivity index (χ0n) is 12.2. The topological polar surface area (TPSA) is 54.5 Å². The second-order valence-corrected chi connectivity index (χ2v) is 5.17. The van der Waals surface area contributed by atoms with Crippen LogP contribution in [0.5, 0.6) is 5.88 Å². The molecule has 5 nitrogen and oxygen atoms in total. The standard InChI is InChI=1S/C16H15F2N3O2/c17-12-4-3-5-13(18)15(12)20-16(22)21-9-7-11(10-21)23-14-6-1-2-8-19-14/h1-6,8,11H,7,9-10H2,(H,20,22). The van der Waals surface area contributed by atoms with Crippen molar-refractivity contribution in [3.8, 4) is 5.88 Å². The highest BCUT2D eigenvalue weighted by atomic mass is 19.1. The van der Waals surface area contributed by atoms with Crippen LogP contribution in [0.3, 0.4) is 0 Å². The normalized spacial score (nSPS) is 17.1. The first kappa shape index (κ1) is 15.2. The number of carbonyl (C=O) groups is 1. The highest BCUT2D eigenvalue weighted by molar-refractivity contribution is 5.89. The van der Waals surface area contributed by atoms with Crippen LogP contribution in [0.15, 0.2) is 42.6 Å². The zero-order chi connectivity index (χ0) is 16.2. The quantitative estimate of drug-likeness (QED) is 0.946. The van der Waals surface area contributed by atoms with E-state index < -0.39 is 23.4 Å². The van der Waals surface area contributed by atoms with Gasteiger partial charge in [-0.05, 0) is 18.2 Å². The number of aromatic nitrogens is 1. The fourth-order valence-electron chi connectivity index (χ4n) is 2.40.